The summed E-state index contributed by atoms with van der Waals surface area (Å²) >= 11 is 0. The van der Waals surface area contributed by atoms with Crippen molar-refractivity contribution in [2.75, 3.05) is 6.61 Å². The van der Waals surface area contributed by atoms with Gasteiger partial charge in [-0.05, 0) is 18.6 Å². The topological polar surface area (TPSA) is 69.4 Å². The van der Waals surface area contributed by atoms with Crippen molar-refractivity contribution in [3.05, 3.63) is 33.9 Å². The zero-order chi connectivity index (χ0) is 15.8. The van der Waals surface area contributed by atoms with Crippen LogP contribution >= 0.6 is 0 Å². The monoisotopic (exact) mass is 293 g/mol. The molecule has 0 heterocycles. The zero-order valence-corrected chi connectivity index (χ0v) is 12.9. The van der Waals surface area contributed by atoms with Crippen molar-refractivity contribution in [2.24, 2.45) is 5.92 Å². The Hall–Kier alpha value is -1.91. The number of hydrogen-bond donors (Lipinski definition) is 0. The van der Waals surface area contributed by atoms with E-state index in [9.17, 15) is 14.9 Å². The highest BCUT2D eigenvalue weighted by Gasteiger charge is 2.20. The van der Waals surface area contributed by atoms with Crippen LogP contribution in [-0.2, 0) is 0 Å². The number of ketones is 1. The first-order valence-corrected chi connectivity index (χ1v) is 7.42. The van der Waals surface area contributed by atoms with Gasteiger partial charge in [0.25, 0.3) is 0 Å². The molecule has 0 N–H and O–H groups in total. The Kier molecular flexibility index (Phi) is 6.85. The predicted octanol–water partition coefficient (Wildman–Crippen LogP) is 4.39. The molecule has 0 saturated carbocycles. The molecular weight excluding hydrogens is 270 g/mol. The fourth-order valence-corrected chi connectivity index (χ4v) is 1.98. The molecule has 0 aliphatic carbocycles. The fraction of sp³-hybridized carbons (Fsp3) is 0.562. The molecule has 0 unspecified atom stereocenters. The Bertz CT molecular complexity index is 497. The first kappa shape index (κ1) is 17.1. The van der Waals surface area contributed by atoms with E-state index >= 15 is 0 Å². The summed E-state index contributed by atoms with van der Waals surface area (Å²) in [5, 5.41) is 11.1. The lowest BCUT2D eigenvalue weighted by molar-refractivity contribution is -0.385. The van der Waals surface area contributed by atoms with Crippen molar-refractivity contribution in [1.29, 1.82) is 0 Å². The van der Waals surface area contributed by atoms with E-state index in [1.165, 1.54) is 12.1 Å². The van der Waals surface area contributed by atoms with Crippen molar-refractivity contribution >= 4 is 11.5 Å². The molecule has 5 heteroatoms. The number of nitrogens with zero attached hydrogens (tertiary/aromatic N) is 1. The van der Waals surface area contributed by atoms with Crippen LogP contribution in [0.1, 0.15) is 56.8 Å². The van der Waals surface area contributed by atoms with Crippen LogP contribution in [-0.4, -0.2) is 17.3 Å². The van der Waals surface area contributed by atoms with Gasteiger partial charge >= 0.3 is 5.69 Å². The Morgan fingerprint density at radius 2 is 2.00 bits per heavy atom. The third-order valence-electron chi connectivity index (χ3n) is 3.22. The number of carbonyl (C=O) groups is 1. The maximum Gasteiger partial charge on any atom is 0.311 e. The smallest absolute Gasteiger partial charge is 0.311 e. The second-order valence-corrected chi connectivity index (χ2v) is 5.37. The van der Waals surface area contributed by atoms with Crippen molar-refractivity contribution < 1.29 is 14.5 Å². The summed E-state index contributed by atoms with van der Waals surface area (Å²) in [6, 6.07) is 4.42. The molecule has 0 aromatic heterocycles. The summed E-state index contributed by atoms with van der Waals surface area (Å²) < 4.78 is 5.49. The van der Waals surface area contributed by atoms with Crippen LogP contribution in [0.25, 0.3) is 0 Å². The first-order valence-electron chi connectivity index (χ1n) is 7.42. The van der Waals surface area contributed by atoms with Gasteiger partial charge in [-0.2, -0.15) is 0 Å². The predicted molar refractivity (Wildman–Crippen MR) is 81.9 cm³/mol. The lowest BCUT2D eigenvalue weighted by atomic mass is 10.0. The molecule has 1 rings (SSSR count). The molecule has 0 bridgehead atoms. The Morgan fingerprint density at radius 1 is 1.29 bits per heavy atom. The van der Waals surface area contributed by atoms with E-state index in [-0.39, 0.29) is 23.1 Å². The van der Waals surface area contributed by atoms with Crippen molar-refractivity contribution in [3.63, 3.8) is 0 Å². The Labute approximate surface area is 125 Å². The fourth-order valence-electron chi connectivity index (χ4n) is 1.98. The van der Waals surface area contributed by atoms with Gasteiger partial charge in [-0.15, -0.1) is 0 Å². The summed E-state index contributed by atoms with van der Waals surface area (Å²) in [5.41, 5.74) is 0.215. The van der Waals surface area contributed by atoms with Crippen LogP contribution in [0.5, 0.6) is 5.75 Å². The van der Waals surface area contributed by atoms with Crippen LogP contribution in [0, 0.1) is 16.0 Å². The molecule has 0 saturated heterocycles. The molecule has 0 atom stereocenters. The minimum atomic E-state index is -0.502. The number of nitro groups is 1. The zero-order valence-electron chi connectivity index (χ0n) is 12.9. The highest BCUT2D eigenvalue weighted by Crippen LogP contribution is 2.29. The molecule has 0 fully saturated rings. The molecule has 1 aromatic rings. The van der Waals surface area contributed by atoms with Gasteiger partial charge in [-0.1, -0.05) is 40.0 Å². The number of nitro benzene ring substituents is 1. The van der Waals surface area contributed by atoms with Gasteiger partial charge in [-0.3, -0.25) is 14.9 Å². The van der Waals surface area contributed by atoms with Crippen LogP contribution < -0.4 is 4.74 Å². The van der Waals surface area contributed by atoms with Gasteiger partial charge in [0, 0.05) is 17.5 Å². The SMILES string of the molecule is CCCCCCOc1ccc(C(=O)C(C)C)cc1[N+](=O)[O-]. The average Bonchev–Trinajstić information content (AvgIpc) is 2.46. The number of carbonyl (C=O) groups excluding carboxylic acids is 1. The third-order valence-corrected chi connectivity index (χ3v) is 3.22. The Morgan fingerprint density at radius 3 is 2.57 bits per heavy atom. The largest absolute Gasteiger partial charge is 0.487 e. The number of unbranched alkanes of at least 4 members (excludes halogenated alkanes) is 3. The molecule has 0 aliphatic rings. The number of hydrogen-bond acceptors (Lipinski definition) is 4. The van der Waals surface area contributed by atoms with Gasteiger partial charge in [-0.25, -0.2) is 0 Å². The number of ether oxygens (including phenoxy) is 1. The highest BCUT2D eigenvalue weighted by molar-refractivity contribution is 5.98. The van der Waals surface area contributed by atoms with Gasteiger partial charge in [0.05, 0.1) is 11.5 Å². The van der Waals surface area contributed by atoms with E-state index in [0.717, 1.165) is 25.7 Å². The molecular formula is C16H23NO4. The molecule has 116 valence electrons. The summed E-state index contributed by atoms with van der Waals surface area (Å²) in [6.45, 7) is 6.12. The summed E-state index contributed by atoms with van der Waals surface area (Å²) in [6.07, 6.45) is 4.19. The van der Waals surface area contributed by atoms with E-state index in [0.29, 0.717) is 12.2 Å². The second kappa shape index (κ2) is 8.39. The Balaban J connectivity index is 2.80. The minimum absolute atomic E-state index is 0.104. The van der Waals surface area contributed by atoms with Crippen LogP contribution in [0.3, 0.4) is 0 Å². The van der Waals surface area contributed by atoms with E-state index in [1.54, 1.807) is 19.9 Å². The minimum Gasteiger partial charge on any atom is -0.487 e. The van der Waals surface area contributed by atoms with E-state index < -0.39 is 4.92 Å². The number of Topliss-reactive ketones (excluding diaryl/α,β-unsaturated/α-hetero) is 1. The molecule has 0 amide bonds. The maximum absolute atomic E-state index is 11.9. The molecule has 1 aromatic carbocycles. The highest BCUT2D eigenvalue weighted by atomic mass is 16.6. The first-order chi connectivity index (χ1) is 9.97. The summed E-state index contributed by atoms with van der Waals surface area (Å²) in [7, 11) is 0. The molecule has 21 heavy (non-hydrogen) atoms. The van der Waals surface area contributed by atoms with Gasteiger partial charge in [0.2, 0.25) is 0 Å². The van der Waals surface area contributed by atoms with Crippen LogP contribution in [0.2, 0.25) is 0 Å². The van der Waals surface area contributed by atoms with Crippen molar-refractivity contribution in [3.8, 4) is 5.75 Å². The van der Waals surface area contributed by atoms with E-state index in [1.807, 2.05) is 0 Å². The second-order valence-electron chi connectivity index (χ2n) is 5.37. The third kappa shape index (κ3) is 5.17. The van der Waals surface area contributed by atoms with Gasteiger partial charge in [0.15, 0.2) is 11.5 Å². The van der Waals surface area contributed by atoms with Gasteiger partial charge in [0.1, 0.15) is 0 Å². The van der Waals surface area contributed by atoms with E-state index in [4.69, 9.17) is 4.74 Å². The molecule has 0 spiro atoms. The standard InChI is InChI=1S/C16H23NO4/c1-4-5-6-7-10-21-15-9-8-13(16(18)12(2)3)11-14(15)17(19)20/h8-9,11-12H,4-7,10H2,1-3H3. The summed E-state index contributed by atoms with van der Waals surface area (Å²) in [5.74, 6) is -0.0604. The maximum atomic E-state index is 11.9. The van der Waals surface area contributed by atoms with Gasteiger partial charge < -0.3 is 4.74 Å². The van der Waals surface area contributed by atoms with Crippen LogP contribution in [0.15, 0.2) is 18.2 Å². The van der Waals surface area contributed by atoms with E-state index in [2.05, 4.69) is 6.92 Å². The molecule has 0 aliphatic heterocycles. The van der Waals surface area contributed by atoms with Crippen molar-refractivity contribution in [1.82, 2.24) is 0 Å². The normalized spacial score (nSPS) is 10.7. The number of benzene rings is 1. The lowest BCUT2D eigenvalue weighted by Gasteiger charge is -2.09. The average molecular weight is 293 g/mol. The van der Waals surface area contributed by atoms with Crippen LogP contribution in [0.4, 0.5) is 5.69 Å². The van der Waals surface area contributed by atoms with Crippen molar-refractivity contribution in [2.45, 2.75) is 46.5 Å². The number of rotatable bonds is 9. The molecule has 0 radical (unpaired) electrons. The summed E-state index contributed by atoms with van der Waals surface area (Å²) in [4.78, 5) is 22.5. The quantitative estimate of drug-likeness (QED) is 0.293. The molecule has 5 nitrogen and oxygen atoms in total. The lowest BCUT2D eigenvalue weighted by Crippen LogP contribution is -2.08.